The van der Waals surface area contributed by atoms with Gasteiger partial charge < -0.3 is 5.11 Å². The third kappa shape index (κ3) is 3.86. The van der Waals surface area contributed by atoms with Gasteiger partial charge in [-0.15, -0.1) is 4.24 Å². The summed E-state index contributed by atoms with van der Waals surface area (Å²) in [5.41, 5.74) is -0.115. The molecule has 4 rings (SSSR count). The van der Waals surface area contributed by atoms with Crippen LogP contribution in [0.4, 0.5) is 22.0 Å². The van der Waals surface area contributed by atoms with Gasteiger partial charge in [0.1, 0.15) is 29.0 Å². The summed E-state index contributed by atoms with van der Waals surface area (Å²) in [5, 5.41) is 10.7. The zero-order chi connectivity index (χ0) is 22.4. The Kier molecular flexibility index (Phi) is 5.63. The molecular formula is C20H15BrF5N4O+. The first-order chi connectivity index (χ1) is 14.7. The summed E-state index contributed by atoms with van der Waals surface area (Å²) in [6.45, 7) is 1.52. The lowest BCUT2D eigenvalue weighted by atomic mass is 10.0. The maximum Gasteiger partial charge on any atom is 0.387 e. The number of pyridine rings is 1. The molecule has 2 aliphatic rings. The summed E-state index contributed by atoms with van der Waals surface area (Å²) in [6, 6.07) is 2.81. The van der Waals surface area contributed by atoms with Crippen molar-refractivity contribution >= 4 is 28.1 Å². The standard InChI is InChI=1S/C20H14BrF5N4O/c1-8(9-3-2-4-10(15(9)22)17(23)24)29-19-12-6-30(13-5-11(13)18(25)26)20(31)14(21)16(12)27-7-28-19/h2-4,6-8,11,17-18H,5H2,1H3/p+1/b30-13+/t8-,11+/m1/s1. The molecule has 1 aliphatic heterocycles. The minimum Gasteiger partial charge on any atom is -0.459 e. The Labute approximate surface area is 181 Å². The van der Waals surface area contributed by atoms with Gasteiger partial charge in [-0.05, 0) is 22.9 Å². The lowest BCUT2D eigenvalue weighted by Gasteiger charge is -2.13. The van der Waals surface area contributed by atoms with Crippen molar-refractivity contribution in [2.75, 3.05) is 0 Å². The average molecular weight is 502 g/mol. The lowest BCUT2D eigenvalue weighted by molar-refractivity contribution is -0.529. The normalized spacial score (nSPS) is 21.5. The molecule has 1 saturated carbocycles. The molecule has 1 fully saturated rings. The van der Waals surface area contributed by atoms with Crippen LogP contribution in [0.15, 0.2) is 43.8 Å². The summed E-state index contributed by atoms with van der Waals surface area (Å²) in [5.74, 6) is -2.20. The second-order valence-corrected chi connectivity index (χ2v) is 7.88. The zero-order valence-corrected chi connectivity index (χ0v) is 17.5. The van der Waals surface area contributed by atoms with Crippen LogP contribution < -0.4 is 9.60 Å². The Morgan fingerprint density at radius 2 is 1.94 bits per heavy atom. The molecule has 2 heterocycles. The summed E-state index contributed by atoms with van der Waals surface area (Å²) in [6.07, 6.45) is -2.83. The van der Waals surface area contributed by atoms with Crippen LogP contribution in [0.25, 0.3) is 0 Å². The van der Waals surface area contributed by atoms with Gasteiger partial charge >= 0.3 is 5.88 Å². The van der Waals surface area contributed by atoms with E-state index in [9.17, 15) is 27.1 Å². The fourth-order valence-electron chi connectivity index (χ4n) is 3.39. The largest absolute Gasteiger partial charge is 0.459 e. The van der Waals surface area contributed by atoms with E-state index < -0.39 is 36.2 Å². The number of halogens is 6. The van der Waals surface area contributed by atoms with Gasteiger partial charge in [-0.1, -0.05) is 18.2 Å². The minimum atomic E-state index is -2.97. The van der Waals surface area contributed by atoms with E-state index in [1.54, 1.807) is 0 Å². The van der Waals surface area contributed by atoms with E-state index in [1.165, 1.54) is 35.8 Å². The number of rotatable bonds is 4. The molecule has 0 radical (unpaired) electrons. The number of aliphatic imine (C=N–C) groups is 2. The van der Waals surface area contributed by atoms with Gasteiger partial charge in [0.2, 0.25) is 0 Å². The predicted octanol–water partition coefficient (Wildman–Crippen LogP) is 4.35. The Balaban J connectivity index is 1.82. The van der Waals surface area contributed by atoms with Crippen molar-refractivity contribution < 1.29 is 31.3 Å². The second kappa shape index (κ2) is 8.10. The molecule has 31 heavy (non-hydrogen) atoms. The van der Waals surface area contributed by atoms with Crippen molar-refractivity contribution in [1.82, 2.24) is 0 Å². The molecule has 1 aromatic heterocycles. The quantitative estimate of drug-likeness (QED) is 0.491. The fourth-order valence-corrected chi connectivity index (χ4v) is 3.90. The number of hydrogen-bond donors (Lipinski definition) is 1. The van der Waals surface area contributed by atoms with Crippen molar-refractivity contribution in [3.8, 4) is 5.88 Å². The number of amidine groups is 1. The zero-order valence-electron chi connectivity index (χ0n) is 15.9. The third-order valence-electron chi connectivity index (χ3n) is 5.12. The van der Waals surface area contributed by atoms with Gasteiger partial charge in [-0.2, -0.15) is 0 Å². The van der Waals surface area contributed by atoms with Crippen molar-refractivity contribution in [1.29, 1.82) is 0 Å². The van der Waals surface area contributed by atoms with Gasteiger partial charge in [0.05, 0.1) is 11.6 Å². The van der Waals surface area contributed by atoms with E-state index in [4.69, 9.17) is 0 Å². The van der Waals surface area contributed by atoms with E-state index in [2.05, 4.69) is 30.9 Å². The molecule has 2 atom stereocenters. The molecule has 0 unspecified atom stereocenters. The monoisotopic (exact) mass is 501 g/mol. The molecule has 5 nitrogen and oxygen atoms in total. The highest BCUT2D eigenvalue weighted by Gasteiger charge is 2.48. The number of nitrogens with zero attached hydrogens (tertiary/aromatic N) is 4. The van der Waals surface area contributed by atoms with Crippen LogP contribution in [-0.4, -0.2) is 23.7 Å². The molecule has 0 saturated heterocycles. The number of aromatic nitrogens is 1. The molecule has 11 heteroatoms. The summed E-state index contributed by atoms with van der Waals surface area (Å²) >= 11 is 3.22. The first-order valence-corrected chi connectivity index (χ1v) is 9.99. The van der Waals surface area contributed by atoms with Crippen LogP contribution in [0.1, 0.15) is 42.5 Å². The number of fused-ring (bicyclic) bond motifs is 1. The summed E-state index contributed by atoms with van der Waals surface area (Å²) in [7, 11) is 0. The first kappa shape index (κ1) is 21.5. The van der Waals surface area contributed by atoms with Crippen LogP contribution in [-0.2, 0) is 0 Å². The van der Waals surface area contributed by atoms with E-state index in [1.807, 2.05) is 0 Å². The van der Waals surface area contributed by atoms with Crippen molar-refractivity contribution in [2.45, 2.75) is 32.2 Å². The molecule has 1 N–H and O–H groups in total. The fraction of sp³-hybridized carbons (Fsp3) is 0.300. The Hall–Kier alpha value is -2.69. The van der Waals surface area contributed by atoms with Gasteiger partial charge in [-0.3, -0.25) is 4.99 Å². The molecule has 0 bridgehead atoms. The van der Waals surface area contributed by atoms with Gasteiger partial charge in [0.15, 0.2) is 22.2 Å². The van der Waals surface area contributed by atoms with Crippen LogP contribution in [0.3, 0.4) is 0 Å². The van der Waals surface area contributed by atoms with Crippen LogP contribution in [0.5, 0.6) is 5.88 Å². The van der Waals surface area contributed by atoms with Gasteiger partial charge in [0, 0.05) is 12.0 Å². The van der Waals surface area contributed by atoms with Crippen LogP contribution >= 0.6 is 15.9 Å². The molecular weight excluding hydrogens is 487 g/mol. The second-order valence-electron chi connectivity index (χ2n) is 7.09. The number of hydrogen-bond acceptors (Lipinski definition) is 3. The maximum atomic E-state index is 14.5. The predicted molar refractivity (Wildman–Crippen MR) is 105 cm³/mol. The molecule has 0 amide bonds. The van der Waals surface area contributed by atoms with E-state index in [0.29, 0.717) is 11.3 Å². The highest BCUT2D eigenvalue weighted by Crippen LogP contribution is 2.38. The topological polar surface area (TPSA) is 63.2 Å². The summed E-state index contributed by atoms with van der Waals surface area (Å²) < 4.78 is 68.0. The SMILES string of the molecule is C[C@@H](N=C1N=CN=c2c1c/[n+](=C1/C[C@@H]1C(F)F)c(O)c2Br)c1cccc(C(F)F)c1F. The van der Waals surface area contributed by atoms with E-state index >= 15 is 0 Å². The van der Waals surface area contributed by atoms with Crippen LogP contribution in [0, 0.1) is 17.4 Å². The van der Waals surface area contributed by atoms with Crippen molar-refractivity contribution in [3.63, 3.8) is 0 Å². The molecule has 1 aliphatic carbocycles. The highest BCUT2D eigenvalue weighted by molar-refractivity contribution is 9.10. The Bertz CT molecular complexity index is 1250. The van der Waals surface area contributed by atoms with E-state index in [0.717, 1.165) is 6.07 Å². The maximum absolute atomic E-state index is 14.5. The molecule has 162 valence electrons. The van der Waals surface area contributed by atoms with E-state index in [-0.39, 0.29) is 33.5 Å². The van der Waals surface area contributed by atoms with Gasteiger partial charge in [0.25, 0.3) is 12.9 Å². The summed E-state index contributed by atoms with van der Waals surface area (Å²) in [4.78, 5) is 12.5. The average Bonchev–Trinajstić information content (AvgIpc) is 3.52. The Morgan fingerprint density at radius 1 is 1.23 bits per heavy atom. The number of alkyl halides is 4. The van der Waals surface area contributed by atoms with Crippen molar-refractivity contribution in [3.05, 3.63) is 62.4 Å². The van der Waals surface area contributed by atoms with Crippen molar-refractivity contribution in [2.24, 2.45) is 20.9 Å². The smallest absolute Gasteiger partial charge is 0.387 e. The Morgan fingerprint density at radius 3 is 2.58 bits per heavy atom. The third-order valence-corrected chi connectivity index (χ3v) is 5.85. The first-order valence-electron chi connectivity index (χ1n) is 9.20. The molecule has 0 spiro atoms. The molecule has 1 aromatic carbocycles. The van der Waals surface area contributed by atoms with Crippen LogP contribution in [0.2, 0.25) is 0 Å². The molecule has 2 aromatic rings. The minimum absolute atomic E-state index is 0.0374. The van der Waals surface area contributed by atoms with Gasteiger partial charge in [-0.25, -0.2) is 31.9 Å². The lowest BCUT2D eigenvalue weighted by Crippen LogP contribution is -2.30. The number of aromatic hydroxyl groups is 1. The highest BCUT2D eigenvalue weighted by atomic mass is 79.9. The number of benzene rings is 1.